The quantitative estimate of drug-likeness (QED) is 0.756. The molecule has 0 fully saturated rings. The van der Waals surface area contributed by atoms with Gasteiger partial charge in [-0.25, -0.2) is 4.79 Å². The van der Waals surface area contributed by atoms with Gasteiger partial charge in [0.1, 0.15) is 0 Å². The predicted octanol–water partition coefficient (Wildman–Crippen LogP) is 3.59. The van der Waals surface area contributed by atoms with Crippen LogP contribution in [0.5, 0.6) is 0 Å². The number of thiophene rings is 1. The van der Waals surface area contributed by atoms with E-state index in [-0.39, 0.29) is 5.97 Å². The van der Waals surface area contributed by atoms with Crippen LogP contribution >= 0.6 is 11.3 Å². The predicted molar refractivity (Wildman–Crippen MR) is 65.7 cm³/mol. The molecule has 0 atom stereocenters. The van der Waals surface area contributed by atoms with Crippen LogP contribution in [0, 0.1) is 0 Å². The molecule has 0 N–H and O–H groups in total. The lowest BCUT2D eigenvalue weighted by Crippen LogP contribution is -2.04. The fraction of sp³-hybridized carbons (Fsp3) is 0.154. The summed E-state index contributed by atoms with van der Waals surface area (Å²) in [5.41, 5.74) is 2.79. The van der Waals surface area contributed by atoms with Crippen molar-refractivity contribution in [2.24, 2.45) is 0 Å². The summed E-state index contributed by atoms with van der Waals surface area (Å²) in [5, 5.41) is 4.08. The molecule has 2 nitrogen and oxygen atoms in total. The Morgan fingerprint density at radius 1 is 1.31 bits per heavy atom. The van der Waals surface area contributed by atoms with E-state index in [1.807, 2.05) is 29.6 Å². The Bertz CT molecular complexity index is 474. The van der Waals surface area contributed by atoms with E-state index >= 15 is 0 Å². The van der Waals surface area contributed by atoms with E-state index in [2.05, 4.69) is 5.38 Å². The van der Waals surface area contributed by atoms with Crippen molar-refractivity contribution in [1.82, 2.24) is 0 Å². The molecule has 0 aliphatic rings. The molecule has 0 amide bonds. The fourth-order valence-electron chi connectivity index (χ4n) is 1.47. The van der Waals surface area contributed by atoms with E-state index in [9.17, 15) is 4.79 Å². The molecule has 0 saturated carbocycles. The van der Waals surface area contributed by atoms with Crippen molar-refractivity contribution in [3.63, 3.8) is 0 Å². The number of benzene rings is 1. The molecule has 0 radical (unpaired) electrons. The standard InChI is InChI=1S/C13H12O2S/c1-2-15-13(14)11-5-3-4-10(8-11)12-6-7-16-9-12/h3-9H,2H2,1H3. The average molecular weight is 232 g/mol. The third kappa shape index (κ3) is 2.31. The van der Waals surface area contributed by atoms with Crippen molar-refractivity contribution in [2.75, 3.05) is 6.61 Å². The maximum atomic E-state index is 11.5. The fourth-order valence-corrected chi connectivity index (χ4v) is 2.13. The smallest absolute Gasteiger partial charge is 0.338 e. The Kier molecular flexibility index (Phi) is 3.37. The van der Waals surface area contributed by atoms with Gasteiger partial charge in [-0.05, 0) is 47.0 Å². The van der Waals surface area contributed by atoms with Crippen molar-refractivity contribution < 1.29 is 9.53 Å². The number of rotatable bonds is 3. The lowest BCUT2D eigenvalue weighted by Gasteiger charge is -2.03. The highest BCUT2D eigenvalue weighted by atomic mass is 32.1. The average Bonchev–Trinajstić information content (AvgIpc) is 2.83. The van der Waals surface area contributed by atoms with Crippen molar-refractivity contribution in [3.05, 3.63) is 46.7 Å². The van der Waals surface area contributed by atoms with E-state index < -0.39 is 0 Å². The summed E-state index contributed by atoms with van der Waals surface area (Å²) >= 11 is 1.64. The molecule has 1 heterocycles. The third-order valence-electron chi connectivity index (χ3n) is 2.23. The van der Waals surface area contributed by atoms with Gasteiger partial charge < -0.3 is 4.74 Å². The summed E-state index contributed by atoms with van der Waals surface area (Å²) in [5.74, 6) is -0.264. The van der Waals surface area contributed by atoms with Gasteiger partial charge >= 0.3 is 5.97 Å². The van der Waals surface area contributed by atoms with Gasteiger partial charge in [0.25, 0.3) is 0 Å². The first-order chi connectivity index (χ1) is 7.81. The second-order valence-corrected chi connectivity index (χ2v) is 4.09. The minimum absolute atomic E-state index is 0.264. The van der Waals surface area contributed by atoms with Crippen molar-refractivity contribution in [2.45, 2.75) is 6.92 Å². The molecule has 0 unspecified atom stereocenters. The van der Waals surface area contributed by atoms with Crippen LogP contribution in [0.2, 0.25) is 0 Å². The largest absolute Gasteiger partial charge is 0.462 e. The molecule has 0 bridgehead atoms. The zero-order valence-corrected chi connectivity index (χ0v) is 9.79. The van der Waals surface area contributed by atoms with Crippen LogP contribution in [0.25, 0.3) is 11.1 Å². The Morgan fingerprint density at radius 3 is 2.88 bits per heavy atom. The maximum Gasteiger partial charge on any atom is 0.338 e. The van der Waals surface area contributed by atoms with E-state index in [0.29, 0.717) is 12.2 Å². The van der Waals surface area contributed by atoms with Gasteiger partial charge in [-0.3, -0.25) is 0 Å². The summed E-state index contributed by atoms with van der Waals surface area (Å²) in [7, 11) is 0. The molecular weight excluding hydrogens is 220 g/mol. The Labute approximate surface area is 98.5 Å². The van der Waals surface area contributed by atoms with Gasteiger partial charge in [0.15, 0.2) is 0 Å². The molecule has 1 aromatic heterocycles. The van der Waals surface area contributed by atoms with Crippen LogP contribution < -0.4 is 0 Å². The highest BCUT2D eigenvalue weighted by Crippen LogP contribution is 2.23. The van der Waals surface area contributed by atoms with Crippen molar-refractivity contribution >= 4 is 17.3 Å². The molecule has 2 rings (SSSR count). The molecule has 0 saturated heterocycles. The van der Waals surface area contributed by atoms with E-state index in [0.717, 1.165) is 11.1 Å². The van der Waals surface area contributed by atoms with E-state index in [1.54, 1.807) is 24.3 Å². The second-order valence-electron chi connectivity index (χ2n) is 3.31. The van der Waals surface area contributed by atoms with Gasteiger partial charge in [-0.2, -0.15) is 11.3 Å². The molecular formula is C13H12O2S. The molecule has 82 valence electrons. The minimum atomic E-state index is -0.264. The number of carbonyl (C=O) groups excluding carboxylic acids is 1. The van der Waals surface area contributed by atoms with Crippen LogP contribution in [-0.2, 0) is 4.74 Å². The van der Waals surface area contributed by atoms with Gasteiger partial charge in [0, 0.05) is 0 Å². The summed E-state index contributed by atoms with van der Waals surface area (Å²) < 4.78 is 4.96. The van der Waals surface area contributed by atoms with E-state index in [4.69, 9.17) is 4.74 Å². The minimum Gasteiger partial charge on any atom is -0.462 e. The number of carbonyl (C=O) groups is 1. The lowest BCUT2D eigenvalue weighted by molar-refractivity contribution is 0.0526. The lowest BCUT2D eigenvalue weighted by atomic mass is 10.1. The molecule has 2 aromatic rings. The zero-order valence-electron chi connectivity index (χ0n) is 8.97. The van der Waals surface area contributed by atoms with Gasteiger partial charge in [-0.15, -0.1) is 0 Å². The SMILES string of the molecule is CCOC(=O)c1cccc(-c2ccsc2)c1. The Balaban J connectivity index is 2.30. The number of hydrogen-bond acceptors (Lipinski definition) is 3. The number of ether oxygens (including phenoxy) is 1. The number of esters is 1. The zero-order chi connectivity index (χ0) is 11.4. The second kappa shape index (κ2) is 4.94. The normalized spacial score (nSPS) is 10.1. The van der Waals surface area contributed by atoms with Gasteiger partial charge in [0.2, 0.25) is 0 Å². The van der Waals surface area contributed by atoms with Crippen LogP contribution in [-0.4, -0.2) is 12.6 Å². The van der Waals surface area contributed by atoms with Crippen molar-refractivity contribution in [3.8, 4) is 11.1 Å². The molecule has 0 aliphatic carbocycles. The Hall–Kier alpha value is -1.61. The monoisotopic (exact) mass is 232 g/mol. The number of hydrogen-bond donors (Lipinski definition) is 0. The van der Waals surface area contributed by atoms with Crippen LogP contribution in [0.4, 0.5) is 0 Å². The van der Waals surface area contributed by atoms with Crippen LogP contribution in [0.1, 0.15) is 17.3 Å². The summed E-state index contributed by atoms with van der Waals surface area (Å²) in [6.45, 7) is 2.21. The summed E-state index contributed by atoms with van der Waals surface area (Å²) in [6.07, 6.45) is 0. The maximum absolute atomic E-state index is 11.5. The third-order valence-corrected chi connectivity index (χ3v) is 2.91. The summed E-state index contributed by atoms with van der Waals surface area (Å²) in [6, 6.07) is 9.53. The highest BCUT2D eigenvalue weighted by Gasteiger charge is 2.07. The summed E-state index contributed by atoms with van der Waals surface area (Å²) in [4.78, 5) is 11.5. The molecule has 3 heteroatoms. The topological polar surface area (TPSA) is 26.3 Å². The highest BCUT2D eigenvalue weighted by molar-refractivity contribution is 7.08. The Morgan fingerprint density at radius 2 is 2.19 bits per heavy atom. The van der Waals surface area contributed by atoms with Crippen LogP contribution in [0.15, 0.2) is 41.1 Å². The van der Waals surface area contributed by atoms with E-state index in [1.165, 1.54) is 0 Å². The first kappa shape index (κ1) is 10.9. The molecule has 0 aliphatic heterocycles. The van der Waals surface area contributed by atoms with Gasteiger partial charge in [0.05, 0.1) is 12.2 Å². The van der Waals surface area contributed by atoms with Crippen LogP contribution in [0.3, 0.4) is 0 Å². The molecule has 0 spiro atoms. The molecule has 16 heavy (non-hydrogen) atoms. The molecule has 1 aromatic carbocycles. The first-order valence-corrected chi connectivity index (χ1v) is 6.05. The first-order valence-electron chi connectivity index (χ1n) is 5.11. The van der Waals surface area contributed by atoms with Crippen molar-refractivity contribution in [1.29, 1.82) is 0 Å². The van der Waals surface area contributed by atoms with Gasteiger partial charge in [-0.1, -0.05) is 12.1 Å².